The fourth-order valence-electron chi connectivity index (χ4n) is 2.14. The minimum Gasteiger partial charge on any atom is -0.508 e. The Bertz CT molecular complexity index is 331. The molecular formula is C12H17NO2. The number of benzene rings is 1. The van der Waals surface area contributed by atoms with Gasteiger partial charge < -0.3 is 15.1 Å². The Hall–Kier alpha value is -1.22. The first-order valence-electron chi connectivity index (χ1n) is 5.35. The molecule has 0 amide bonds. The number of aryl methyl sites for hydroxylation is 1. The highest BCUT2D eigenvalue weighted by atomic mass is 16.3. The van der Waals surface area contributed by atoms with Crippen molar-refractivity contribution in [3.8, 4) is 5.75 Å². The standard InChI is InChI=1S/C12H17NO2/c1-9-4-11(6-12(15)5-9)13-3-2-10(7-13)8-14/h4-6,10,14-15H,2-3,7-8H2,1H3. The summed E-state index contributed by atoms with van der Waals surface area (Å²) < 4.78 is 0. The number of anilines is 1. The summed E-state index contributed by atoms with van der Waals surface area (Å²) in [5.74, 6) is 0.699. The average molecular weight is 207 g/mol. The lowest BCUT2D eigenvalue weighted by molar-refractivity contribution is 0.238. The van der Waals surface area contributed by atoms with E-state index in [9.17, 15) is 5.11 Å². The molecule has 15 heavy (non-hydrogen) atoms. The Morgan fingerprint density at radius 1 is 1.40 bits per heavy atom. The lowest BCUT2D eigenvalue weighted by atomic mass is 10.1. The van der Waals surface area contributed by atoms with Crippen LogP contribution in [0.25, 0.3) is 0 Å². The number of nitrogens with zero attached hydrogens (tertiary/aromatic N) is 1. The van der Waals surface area contributed by atoms with Crippen LogP contribution in [-0.4, -0.2) is 29.9 Å². The Balaban J connectivity index is 2.16. The van der Waals surface area contributed by atoms with Crippen LogP contribution in [0.15, 0.2) is 18.2 Å². The van der Waals surface area contributed by atoms with Crippen LogP contribution in [0.1, 0.15) is 12.0 Å². The second kappa shape index (κ2) is 4.11. The van der Waals surface area contributed by atoms with Crippen molar-refractivity contribution in [1.82, 2.24) is 0 Å². The lowest BCUT2D eigenvalue weighted by Gasteiger charge is -2.19. The Morgan fingerprint density at radius 3 is 2.80 bits per heavy atom. The monoisotopic (exact) mass is 207 g/mol. The molecule has 0 aliphatic carbocycles. The van der Waals surface area contributed by atoms with Crippen LogP contribution in [0.2, 0.25) is 0 Å². The number of aliphatic hydroxyl groups excluding tert-OH is 1. The van der Waals surface area contributed by atoms with Gasteiger partial charge in [0, 0.05) is 37.4 Å². The van der Waals surface area contributed by atoms with Crippen LogP contribution < -0.4 is 4.90 Å². The molecule has 2 N–H and O–H groups in total. The van der Waals surface area contributed by atoms with Crippen LogP contribution in [0.5, 0.6) is 5.75 Å². The first-order chi connectivity index (χ1) is 7.19. The number of aromatic hydroxyl groups is 1. The van der Waals surface area contributed by atoms with E-state index in [0.29, 0.717) is 11.7 Å². The van der Waals surface area contributed by atoms with Gasteiger partial charge in [-0.1, -0.05) is 0 Å². The van der Waals surface area contributed by atoms with E-state index in [1.807, 2.05) is 6.92 Å². The molecule has 0 spiro atoms. The average Bonchev–Trinajstić information content (AvgIpc) is 2.64. The van der Waals surface area contributed by atoms with Crippen molar-refractivity contribution in [1.29, 1.82) is 0 Å². The maximum absolute atomic E-state index is 9.50. The predicted molar refractivity (Wildman–Crippen MR) is 60.2 cm³/mol. The zero-order valence-electron chi connectivity index (χ0n) is 8.98. The molecule has 1 fully saturated rings. The summed E-state index contributed by atoms with van der Waals surface area (Å²) in [5.41, 5.74) is 2.13. The second-order valence-corrected chi connectivity index (χ2v) is 4.31. The van der Waals surface area contributed by atoms with Crippen molar-refractivity contribution in [2.24, 2.45) is 5.92 Å². The van der Waals surface area contributed by atoms with E-state index in [1.54, 1.807) is 12.1 Å². The summed E-state index contributed by atoms with van der Waals surface area (Å²) in [6, 6.07) is 5.61. The molecule has 1 atom stereocenters. The van der Waals surface area contributed by atoms with Gasteiger partial charge in [0.2, 0.25) is 0 Å². The maximum atomic E-state index is 9.50. The number of rotatable bonds is 2. The highest BCUT2D eigenvalue weighted by Gasteiger charge is 2.22. The van der Waals surface area contributed by atoms with Crippen molar-refractivity contribution in [2.75, 3.05) is 24.6 Å². The van der Waals surface area contributed by atoms with Crippen LogP contribution in [0.3, 0.4) is 0 Å². The van der Waals surface area contributed by atoms with Gasteiger partial charge in [0.1, 0.15) is 5.75 Å². The van der Waals surface area contributed by atoms with Gasteiger partial charge >= 0.3 is 0 Å². The van der Waals surface area contributed by atoms with Gasteiger partial charge in [0.05, 0.1) is 0 Å². The lowest BCUT2D eigenvalue weighted by Crippen LogP contribution is -2.20. The molecule has 1 aromatic carbocycles. The molecule has 3 heteroatoms. The van der Waals surface area contributed by atoms with E-state index in [1.165, 1.54) is 0 Å². The van der Waals surface area contributed by atoms with Gasteiger partial charge in [-0.05, 0) is 31.0 Å². The third-order valence-corrected chi connectivity index (χ3v) is 2.96. The smallest absolute Gasteiger partial charge is 0.117 e. The summed E-state index contributed by atoms with van der Waals surface area (Å²) in [6.07, 6.45) is 1.03. The van der Waals surface area contributed by atoms with E-state index in [0.717, 1.165) is 30.8 Å². The van der Waals surface area contributed by atoms with Gasteiger partial charge in [0.15, 0.2) is 0 Å². The third kappa shape index (κ3) is 2.23. The highest BCUT2D eigenvalue weighted by molar-refractivity contribution is 5.53. The maximum Gasteiger partial charge on any atom is 0.117 e. The molecule has 1 aliphatic heterocycles. The largest absolute Gasteiger partial charge is 0.508 e. The van der Waals surface area contributed by atoms with E-state index in [2.05, 4.69) is 11.0 Å². The first kappa shape index (κ1) is 10.3. The quantitative estimate of drug-likeness (QED) is 0.772. The SMILES string of the molecule is Cc1cc(O)cc(N2CCC(CO)C2)c1. The molecular weight excluding hydrogens is 190 g/mol. The third-order valence-electron chi connectivity index (χ3n) is 2.96. The van der Waals surface area contributed by atoms with Crippen LogP contribution in [0, 0.1) is 12.8 Å². The summed E-state index contributed by atoms with van der Waals surface area (Å²) in [6.45, 7) is 4.09. The minimum atomic E-state index is 0.258. The van der Waals surface area contributed by atoms with Gasteiger partial charge in [-0.15, -0.1) is 0 Å². The summed E-state index contributed by atoms with van der Waals surface area (Å²) in [7, 11) is 0. The fourth-order valence-corrected chi connectivity index (χ4v) is 2.14. The normalized spacial score (nSPS) is 20.9. The number of phenolic OH excluding ortho intramolecular Hbond substituents is 1. The molecule has 0 bridgehead atoms. The van der Waals surface area contributed by atoms with Crippen molar-refractivity contribution in [2.45, 2.75) is 13.3 Å². The Kier molecular flexibility index (Phi) is 2.82. The second-order valence-electron chi connectivity index (χ2n) is 4.31. The van der Waals surface area contributed by atoms with Gasteiger partial charge in [-0.2, -0.15) is 0 Å². The molecule has 3 nitrogen and oxygen atoms in total. The van der Waals surface area contributed by atoms with Crippen molar-refractivity contribution >= 4 is 5.69 Å². The van der Waals surface area contributed by atoms with Crippen LogP contribution >= 0.6 is 0 Å². The number of hydrogen-bond acceptors (Lipinski definition) is 3. The first-order valence-corrected chi connectivity index (χ1v) is 5.35. The highest BCUT2D eigenvalue weighted by Crippen LogP contribution is 2.27. The summed E-state index contributed by atoms with van der Waals surface area (Å²) >= 11 is 0. The van der Waals surface area contributed by atoms with Crippen molar-refractivity contribution in [3.05, 3.63) is 23.8 Å². The molecule has 1 aliphatic rings. The Labute approximate surface area is 90.0 Å². The molecule has 82 valence electrons. The van der Waals surface area contributed by atoms with E-state index >= 15 is 0 Å². The van der Waals surface area contributed by atoms with Crippen LogP contribution in [-0.2, 0) is 0 Å². The van der Waals surface area contributed by atoms with Crippen molar-refractivity contribution in [3.63, 3.8) is 0 Å². The van der Waals surface area contributed by atoms with Crippen molar-refractivity contribution < 1.29 is 10.2 Å². The van der Waals surface area contributed by atoms with Gasteiger partial charge in [0.25, 0.3) is 0 Å². The molecule has 0 radical (unpaired) electrons. The van der Waals surface area contributed by atoms with E-state index in [4.69, 9.17) is 5.11 Å². The van der Waals surface area contributed by atoms with E-state index < -0.39 is 0 Å². The molecule has 0 aromatic heterocycles. The van der Waals surface area contributed by atoms with Gasteiger partial charge in [-0.25, -0.2) is 0 Å². The van der Waals surface area contributed by atoms with Crippen LogP contribution in [0.4, 0.5) is 5.69 Å². The zero-order valence-corrected chi connectivity index (χ0v) is 8.98. The van der Waals surface area contributed by atoms with Gasteiger partial charge in [-0.3, -0.25) is 0 Å². The molecule has 1 saturated heterocycles. The number of aliphatic hydroxyl groups is 1. The number of hydrogen-bond donors (Lipinski definition) is 2. The number of phenols is 1. The Morgan fingerprint density at radius 2 is 2.20 bits per heavy atom. The summed E-state index contributed by atoms with van der Waals surface area (Å²) in [5, 5.41) is 18.6. The summed E-state index contributed by atoms with van der Waals surface area (Å²) in [4.78, 5) is 2.22. The van der Waals surface area contributed by atoms with E-state index in [-0.39, 0.29) is 6.61 Å². The zero-order chi connectivity index (χ0) is 10.8. The molecule has 1 heterocycles. The molecule has 1 unspecified atom stereocenters. The molecule has 1 aromatic rings. The fraction of sp³-hybridized carbons (Fsp3) is 0.500. The molecule has 0 saturated carbocycles. The predicted octanol–water partition coefficient (Wildman–Crippen LogP) is 1.52. The molecule has 2 rings (SSSR count). The topological polar surface area (TPSA) is 43.7 Å². The minimum absolute atomic E-state index is 0.258.